The van der Waals surface area contributed by atoms with Gasteiger partial charge in [-0.15, -0.1) is 0 Å². The Kier molecular flexibility index (Phi) is 5.76. The summed E-state index contributed by atoms with van der Waals surface area (Å²) in [5, 5.41) is 0.649. The van der Waals surface area contributed by atoms with Gasteiger partial charge in [0, 0.05) is 18.7 Å². The first-order valence-electron chi connectivity index (χ1n) is 9.88. The van der Waals surface area contributed by atoms with Crippen molar-refractivity contribution >= 4 is 46.3 Å². The van der Waals surface area contributed by atoms with Gasteiger partial charge in [-0.3, -0.25) is 9.59 Å². The molecule has 0 aromatic heterocycles. The van der Waals surface area contributed by atoms with E-state index in [1.54, 1.807) is 31.4 Å². The van der Waals surface area contributed by atoms with Crippen LogP contribution in [0.1, 0.15) is 25.3 Å². The third-order valence-corrected chi connectivity index (χ3v) is 6.31. The summed E-state index contributed by atoms with van der Waals surface area (Å²) >= 11 is 12.2. The summed E-state index contributed by atoms with van der Waals surface area (Å²) in [7, 11) is 1.56. The number of hydrogen-bond acceptors (Lipinski definition) is 4. The van der Waals surface area contributed by atoms with Gasteiger partial charge in [0.25, 0.3) is 11.8 Å². The smallest absolute Gasteiger partial charge is 0.282 e. The number of methoxy groups -OCH3 is 1. The van der Waals surface area contributed by atoms with Crippen molar-refractivity contribution in [3.8, 4) is 5.75 Å². The number of para-hydroxylation sites is 1. The highest BCUT2D eigenvalue weighted by Crippen LogP contribution is 2.40. The zero-order valence-corrected chi connectivity index (χ0v) is 18.3. The molecule has 0 bridgehead atoms. The Morgan fingerprint density at radius 1 is 1.03 bits per heavy atom. The molecule has 2 aromatic carbocycles. The zero-order chi connectivity index (χ0) is 21.4. The zero-order valence-electron chi connectivity index (χ0n) is 16.8. The summed E-state index contributed by atoms with van der Waals surface area (Å²) in [5.41, 5.74) is 1.78. The SMILES string of the molecule is COc1ccccc1C1=C(N2CCCC(C)C2)C(=O)N(c2ccc(Cl)c(Cl)c2)C1=O. The molecule has 30 heavy (non-hydrogen) atoms. The number of halogens is 2. The second-order valence-corrected chi connectivity index (χ2v) is 8.48. The van der Waals surface area contributed by atoms with E-state index in [0.717, 1.165) is 25.9 Å². The van der Waals surface area contributed by atoms with E-state index in [1.807, 2.05) is 23.1 Å². The first-order valence-corrected chi connectivity index (χ1v) is 10.6. The average Bonchev–Trinajstić information content (AvgIpc) is 3.00. The van der Waals surface area contributed by atoms with E-state index in [9.17, 15) is 9.59 Å². The number of carbonyl (C=O) groups excluding carboxylic acids is 2. The molecular formula is C23H22Cl2N2O3. The van der Waals surface area contributed by atoms with E-state index in [4.69, 9.17) is 27.9 Å². The molecular weight excluding hydrogens is 423 g/mol. The molecule has 2 aliphatic rings. The molecule has 2 amide bonds. The van der Waals surface area contributed by atoms with Crippen LogP contribution >= 0.6 is 23.2 Å². The molecule has 1 unspecified atom stereocenters. The lowest BCUT2D eigenvalue weighted by atomic mass is 9.97. The Morgan fingerprint density at radius 2 is 1.80 bits per heavy atom. The third-order valence-electron chi connectivity index (χ3n) is 5.57. The van der Waals surface area contributed by atoms with E-state index in [-0.39, 0.29) is 10.9 Å². The van der Waals surface area contributed by atoms with Gasteiger partial charge in [0.15, 0.2) is 0 Å². The van der Waals surface area contributed by atoms with Crippen molar-refractivity contribution in [2.45, 2.75) is 19.8 Å². The lowest BCUT2D eigenvalue weighted by molar-refractivity contribution is -0.120. The molecule has 1 saturated heterocycles. The molecule has 1 fully saturated rings. The molecule has 0 radical (unpaired) electrons. The van der Waals surface area contributed by atoms with E-state index >= 15 is 0 Å². The Balaban J connectivity index is 1.87. The van der Waals surface area contributed by atoms with Crippen LogP contribution in [0.2, 0.25) is 10.0 Å². The van der Waals surface area contributed by atoms with Gasteiger partial charge in [-0.05, 0) is 43.0 Å². The predicted octanol–water partition coefficient (Wildman–Crippen LogP) is 5.02. The lowest BCUT2D eigenvalue weighted by Crippen LogP contribution is -2.39. The summed E-state index contributed by atoms with van der Waals surface area (Å²) in [6, 6.07) is 12.0. The topological polar surface area (TPSA) is 49.9 Å². The van der Waals surface area contributed by atoms with Crippen LogP contribution in [0, 0.1) is 5.92 Å². The molecule has 2 aromatic rings. The molecule has 7 heteroatoms. The number of piperidine rings is 1. The number of amides is 2. The van der Waals surface area contributed by atoms with Crippen molar-refractivity contribution in [1.29, 1.82) is 0 Å². The monoisotopic (exact) mass is 444 g/mol. The fourth-order valence-corrected chi connectivity index (χ4v) is 4.45. The predicted molar refractivity (Wildman–Crippen MR) is 119 cm³/mol. The number of anilines is 1. The molecule has 0 aliphatic carbocycles. The highest BCUT2D eigenvalue weighted by Gasteiger charge is 2.44. The van der Waals surface area contributed by atoms with Crippen molar-refractivity contribution in [2.75, 3.05) is 25.1 Å². The molecule has 5 nitrogen and oxygen atoms in total. The van der Waals surface area contributed by atoms with Crippen LogP contribution in [0.25, 0.3) is 5.57 Å². The minimum absolute atomic E-state index is 0.286. The Hall–Kier alpha value is -2.50. The molecule has 156 valence electrons. The molecule has 0 N–H and O–H groups in total. The van der Waals surface area contributed by atoms with Gasteiger partial charge in [-0.1, -0.05) is 48.3 Å². The van der Waals surface area contributed by atoms with Crippen LogP contribution in [0.5, 0.6) is 5.75 Å². The molecule has 2 aliphatic heterocycles. The molecule has 0 spiro atoms. The normalized spacial score (nSPS) is 19.7. The summed E-state index contributed by atoms with van der Waals surface area (Å²) in [6.45, 7) is 3.61. The van der Waals surface area contributed by atoms with Gasteiger partial charge < -0.3 is 9.64 Å². The minimum atomic E-state index is -0.392. The molecule has 4 rings (SSSR count). The number of benzene rings is 2. The number of imide groups is 1. The first-order chi connectivity index (χ1) is 14.4. The van der Waals surface area contributed by atoms with Crippen LogP contribution in [-0.2, 0) is 9.59 Å². The maximum atomic E-state index is 13.6. The number of rotatable bonds is 4. The average molecular weight is 445 g/mol. The van der Waals surface area contributed by atoms with Gasteiger partial charge in [-0.25, -0.2) is 4.90 Å². The largest absolute Gasteiger partial charge is 0.496 e. The molecule has 2 heterocycles. The Bertz CT molecular complexity index is 1050. The third kappa shape index (κ3) is 3.57. The summed E-state index contributed by atoms with van der Waals surface area (Å²) in [5.74, 6) is 0.240. The fraction of sp³-hybridized carbons (Fsp3) is 0.304. The van der Waals surface area contributed by atoms with Crippen LogP contribution in [0.3, 0.4) is 0 Å². The van der Waals surface area contributed by atoms with Gasteiger partial charge in [-0.2, -0.15) is 0 Å². The van der Waals surface area contributed by atoms with Crippen LogP contribution < -0.4 is 9.64 Å². The van der Waals surface area contributed by atoms with Crippen LogP contribution in [0.15, 0.2) is 48.2 Å². The van der Waals surface area contributed by atoms with Crippen LogP contribution in [-0.4, -0.2) is 36.9 Å². The first kappa shape index (κ1) is 20.8. The van der Waals surface area contributed by atoms with Crippen molar-refractivity contribution < 1.29 is 14.3 Å². The van der Waals surface area contributed by atoms with Crippen molar-refractivity contribution in [3.63, 3.8) is 0 Å². The number of likely N-dealkylation sites (tertiary alicyclic amines) is 1. The van der Waals surface area contributed by atoms with Gasteiger partial charge in [0.05, 0.1) is 28.4 Å². The fourth-order valence-electron chi connectivity index (χ4n) is 4.16. The highest BCUT2D eigenvalue weighted by atomic mass is 35.5. The Morgan fingerprint density at radius 3 is 2.50 bits per heavy atom. The maximum Gasteiger partial charge on any atom is 0.282 e. The van der Waals surface area contributed by atoms with Crippen molar-refractivity contribution in [3.05, 3.63) is 63.8 Å². The van der Waals surface area contributed by atoms with Gasteiger partial charge in [0.2, 0.25) is 0 Å². The number of carbonyl (C=O) groups is 2. The second-order valence-electron chi connectivity index (χ2n) is 7.66. The number of ether oxygens (including phenoxy) is 1. The van der Waals surface area contributed by atoms with Gasteiger partial charge in [0.1, 0.15) is 11.4 Å². The van der Waals surface area contributed by atoms with Gasteiger partial charge >= 0.3 is 0 Å². The summed E-state index contributed by atoms with van der Waals surface area (Å²) in [6.07, 6.45) is 2.07. The molecule has 1 atom stereocenters. The second kappa shape index (κ2) is 8.32. The van der Waals surface area contributed by atoms with Crippen LogP contribution in [0.4, 0.5) is 5.69 Å². The van der Waals surface area contributed by atoms with E-state index in [2.05, 4.69) is 6.92 Å². The van der Waals surface area contributed by atoms with E-state index < -0.39 is 5.91 Å². The lowest BCUT2D eigenvalue weighted by Gasteiger charge is -2.33. The standard InChI is InChI=1S/C23H22Cl2N2O3/c1-14-6-5-11-26(13-14)21-20(16-7-3-4-8-19(16)30-2)22(28)27(23(21)29)15-9-10-17(24)18(25)12-15/h3-4,7-10,12,14H,5-6,11,13H2,1-2H3. The summed E-state index contributed by atoms with van der Waals surface area (Å²) in [4.78, 5) is 30.4. The minimum Gasteiger partial charge on any atom is -0.496 e. The maximum absolute atomic E-state index is 13.6. The molecule has 0 saturated carbocycles. The van der Waals surface area contributed by atoms with Crippen molar-refractivity contribution in [2.24, 2.45) is 5.92 Å². The summed E-state index contributed by atoms with van der Waals surface area (Å²) < 4.78 is 5.50. The quantitative estimate of drug-likeness (QED) is 0.621. The van der Waals surface area contributed by atoms with Crippen molar-refractivity contribution in [1.82, 2.24) is 4.90 Å². The van der Waals surface area contributed by atoms with E-state index in [1.165, 1.54) is 4.90 Å². The van der Waals surface area contributed by atoms with E-state index in [0.29, 0.717) is 39.2 Å². The number of hydrogen-bond donors (Lipinski definition) is 0. The highest BCUT2D eigenvalue weighted by molar-refractivity contribution is 6.46. The Labute approximate surface area is 185 Å². The number of nitrogens with zero attached hydrogens (tertiary/aromatic N) is 2.